The average molecular weight is 340 g/mol. The molecule has 26 heavy (non-hydrogen) atoms. The molecule has 1 aromatic heterocycles. The molecule has 128 valence electrons. The van der Waals surface area contributed by atoms with Crippen molar-refractivity contribution in [1.29, 1.82) is 0 Å². The summed E-state index contributed by atoms with van der Waals surface area (Å²) in [6.45, 7) is 5.27. The highest BCUT2D eigenvalue weighted by molar-refractivity contribution is 5.92. The molecule has 6 rings (SSSR count). The molecular weight excluding hydrogens is 320 g/mol. The highest BCUT2D eigenvalue weighted by atomic mass is 16.1. The van der Waals surface area contributed by atoms with Gasteiger partial charge in [0.15, 0.2) is 0 Å². The topological polar surface area (TPSA) is 33.2 Å². The molecule has 3 heteroatoms. The largest absolute Gasteiger partial charge is 0.335 e. The molecule has 0 atom stereocenters. The predicted octanol–water partition coefficient (Wildman–Crippen LogP) is 4.46. The second-order valence-electron chi connectivity index (χ2n) is 7.86. The number of hydrogen-bond acceptors (Lipinski definition) is 3. The first-order chi connectivity index (χ1) is 12.7. The van der Waals surface area contributed by atoms with Gasteiger partial charge >= 0.3 is 0 Å². The van der Waals surface area contributed by atoms with E-state index in [0.717, 1.165) is 54.0 Å². The maximum absolute atomic E-state index is 12.0. The standard InChI is InChI=1S/C23H20N2O/c1-13-17-9-8-16(26)10-15(17)11-21-23-19(12-25(13)21)18-6-2-4-14-5-3-7-20(24-23)22(14)18/h3,5,7,11H,1-2,4,6,8-10,12H2. The third-order valence-corrected chi connectivity index (χ3v) is 6.45. The van der Waals surface area contributed by atoms with Gasteiger partial charge in [-0.2, -0.15) is 0 Å². The van der Waals surface area contributed by atoms with E-state index < -0.39 is 0 Å². The summed E-state index contributed by atoms with van der Waals surface area (Å²) in [6, 6.07) is 6.53. The van der Waals surface area contributed by atoms with Gasteiger partial charge in [-0.3, -0.25) is 4.79 Å². The highest BCUT2D eigenvalue weighted by Crippen LogP contribution is 2.47. The van der Waals surface area contributed by atoms with Crippen LogP contribution >= 0.6 is 0 Å². The summed E-state index contributed by atoms with van der Waals surface area (Å²) in [5.74, 6) is 0.339. The zero-order valence-corrected chi connectivity index (χ0v) is 14.8. The Hall–Kier alpha value is -2.68. The van der Waals surface area contributed by atoms with Gasteiger partial charge in [-0.15, -0.1) is 0 Å². The van der Waals surface area contributed by atoms with Crippen molar-refractivity contribution >= 4 is 22.4 Å². The fraction of sp³-hybridized carbons (Fsp3) is 0.304. The summed E-state index contributed by atoms with van der Waals surface area (Å²) in [7, 11) is 0. The minimum atomic E-state index is 0.339. The van der Waals surface area contributed by atoms with E-state index in [9.17, 15) is 4.79 Å². The van der Waals surface area contributed by atoms with E-state index in [4.69, 9.17) is 4.98 Å². The molecule has 3 nitrogen and oxygen atoms in total. The lowest BCUT2D eigenvalue weighted by atomic mass is 9.86. The smallest absolute Gasteiger partial charge is 0.137 e. The lowest BCUT2D eigenvalue weighted by Gasteiger charge is -2.32. The van der Waals surface area contributed by atoms with Crippen LogP contribution < -0.4 is 0 Å². The predicted molar refractivity (Wildman–Crippen MR) is 102 cm³/mol. The van der Waals surface area contributed by atoms with E-state index in [2.05, 4.69) is 35.8 Å². The number of carbonyl (C=O) groups excluding carboxylic acids is 1. The number of carbonyl (C=O) groups is 1. The van der Waals surface area contributed by atoms with Crippen LogP contribution in [0.5, 0.6) is 0 Å². The van der Waals surface area contributed by atoms with Gasteiger partial charge in [0.2, 0.25) is 0 Å². The summed E-state index contributed by atoms with van der Waals surface area (Å²) < 4.78 is 0. The van der Waals surface area contributed by atoms with Gasteiger partial charge in [-0.05, 0) is 60.1 Å². The number of fused-ring (bicyclic) bond motifs is 4. The Balaban J connectivity index is 1.61. The number of hydrogen-bond donors (Lipinski definition) is 0. The number of Topliss-reactive ketones (excluding diaryl/α,β-unsaturated/α-hetero) is 1. The summed E-state index contributed by atoms with van der Waals surface area (Å²) in [6.07, 6.45) is 7.75. The van der Waals surface area contributed by atoms with Crippen LogP contribution in [0, 0.1) is 0 Å². The van der Waals surface area contributed by atoms with Crippen molar-refractivity contribution in [2.24, 2.45) is 0 Å². The monoisotopic (exact) mass is 340 g/mol. The number of aromatic nitrogens is 1. The van der Waals surface area contributed by atoms with Gasteiger partial charge in [0.25, 0.3) is 0 Å². The first-order valence-electron chi connectivity index (χ1n) is 9.56. The average Bonchev–Trinajstić information content (AvgIpc) is 3.01. The van der Waals surface area contributed by atoms with Gasteiger partial charge in [-0.25, -0.2) is 4.98 Å². The molecule has 2 aliphatic heterocycles. The zero-order chi connectivity index (χ0) is 17.4. The lowest BCUT2D eigenvalue weighted by molar-refractivity contribution is -0.118. The molecule has 0 spiro atoms. The molecule has 0 fully saturated rings. The maximum atomic E-state index is 12.0. The van der Waals surface area contributed by atoms with Gasteiger partial charge in [-0.1, -0.05) is 18.7 Å². The first-order valence-corrected chi connectivity index (χ1v) is 9.56. The second-order valence-corrected chi connectivity index (χ2v) is 7.86. The van der Waals surface area contributed by atoms with Crippen LogP contribution in [-0.4, -0.2) is 15.7 Å². The first kappa shape index (κ1) is 14.5. The number of rotatable bonds is 0. The molecule has 0 unspecified atom stereocenters. The highest BCUT2D eigenvalue weighted by Gasteiger charge is 2.36. The van der Waals surface area contributed by atoms with Gasteiger partial charge in [0.1, 0.15) is 5.78 Å². The number of benzene rings is 1. The van der Waals surface area contributed by atoms with Crippen LogP contribution in [0.25, 0.3) is 16.6 Å². The molecule has 0 N–H and O–H groups in total. The summed E-state index contributed by atoms with van der Waals surface area (Å²) >= 11 is 0. The molecule has 4 aliphatic rings. The fourth-order valence-corrected chi connectivity index (χ4v) is 5.22. The molecule has 2 aliphatic carbocycles. The third kappa shape index (κ3) is 1.78. The van der Waals surface area contributed by atoms with Gasteiger partial charge in [0, 0.05) is 29.5 Å². The summed E-state index contributed by atoms with van der Waals surface area (Å²) in [4.78, 5) is 19.4. The third-order valence-electron chi connectivity index (χ3n) is 6.45. The van der Waals surface area contributed by atoms with E-state index in [0.29, 0.717) is 18.6 Å². The summed E-state index contributed by atoms with van der Waals surface area (Å²) in [5, 5.41) is 1.39. The molecule has 0 saturated carbocycles. The maximum Gasteiger partial charge on any atom is 0.137 e. The number of ketones is 1. The Kier molecular flexibility index (Phi) is 2.75. The summed E-state index contributed by atoms with van der Waals surface area (Å²) in [5.41, 5.74) is 11.2. The van der Waals surface area contributed by atoms with E-state index in [-0.39, 0.29) is 0 Å². The van der Waals surface area contributed by atoms with Crippen LogP contribution in [0.15, 0.2) is 47.7 Å². The van der Waals surface area contributed by atoms with E-state index in [1.165, 1.54) is 34.1 Å². The van der Waals surface area contributed by atoms with Crippen molar-refractivity contribution in [3.8, 4) is 0 Å². The SMILES string of the molecule is C=C1C2=C(C=C3c4nc5cccc6c5c(c4CN13)CCC6)CC(=O)CC2. The fourth-order valence-electron chi connectivity index (χ4n) is 5.22. The van der Waals surface area contributed by atoms with Gasteiger partial charge in [0.05, 0.1) is 23.5 Å². The molecule has 0 saturated heterocycles. The minimum absolute atomic E-state index is 0.339. The van der Waals surface area contributed by atoms with E-state index in [1.54, 1.807) is 0 Å². The number of aryl methyl sites for hydroxylation is 2. The molecule has 0 bridgehead atoms. The Morgan fingerprint density at radius 3 is 2.92 bits per heavy atom. The Bertz CT molecular complexity index is 1100. The van der Waals surface area contributed by atoms with Crippen molar-refractivity contribution in [1.82, 2.24) is 9.88 Å². The van der Waals surface area contributed by atoms with Crippen molar-refractivity contribution in [2.45, 2.75) is 45.1 Å². The lowest BCUT2D eigenvalue weighted by Crippen LogP contribution is -2.23. The number of pyridine rings is 1. The van der Waals surface area contributed by atoms with Crippen molar-refractivity contribution in [2.75, 3.05) is 0 Å². The van der Waals surface area contributed by atoms with Crippen LogP contribution in [-0.2, 0) is 24.2 Å². The molecule has 0 radical (unpaired) electrons. The van der Waals surface area contributed by atoms with E-state index >= 15 is 0 Å². The minimum Gasteiger partial charge on any atom is -0.335 e. The van der Waals surface area contributed by atoms with Crippen LogP contribution in [0.1, 0.15) is 48.1 Å². The van der Waals surface area contributed by atoms with E-state index in [1.807, 2.05) is 0 Å². The number of nitrogens with zero attached hydrogens (tertiary/aromatic N) is 2. The zero-order valence-electron chi connectivity index (χ0n) is 14.8. The Morgan fingerprint density at radius 1 is 1.08 bits per heavy atom. The molecule has 1 aromatic carbocycles. The van der Waals surface area contributed by atoms with Gasteiger partial charge < -0.3 is 4.90 Å². The quantitative estimate of drug-likeness (QED) is 0.710. The molecule has 0 amide bonds. The van der Waals surface area contributed by atoms with Crippen LogP contribution in [0.2, 0.25) is 0 Å². The second kappa shape index (κ2) is 4.94. The Morgan fingerprint density at radius 2 is 2.00 bits per heavy atom. The Labute approximate surface area is 152 Å². The molecular formula is C23H20N2O. The van der Waals surface area contributed by atoms with Crippen molar-refractivity contribution in [3.63, 3.8) is 0 Å². The molecule has 2 aromatic rings. The number of allylic oxidation sites excluding steroid dienone is 3. The van der Waals surface area contributed by atoms with Crippen LogP contribution in [0.4, 0.5) is 0 Å². The van der Waals surface area contributed by atoms with Crippen molar-refractivity contribution in [3.05, 3.63) is 70.1 Å². The normalized spacial score (nSPS) is 20.9. The molecule has 3 heterocycles. The van der Waals surface area contributed by atoms with Crippen molar-refractivity contribution < 1.29 is 4.79 Å². The van der Waals surface area contributed by atoms with Crippen LogP contribution in [0.3, 0.4) is 0 Å².